The second kappa shape index (κ2) is 4.49. The number of pyridine rings is 1. The Hall–Kier alpha value is -0.760. The van der Waals surface area contributed by atoms with E-state index in [9.17, 15) is 0 Å². The molecule has 2 nitrogen and oxygen atoms in total. The normalized spacial score (nSPS) is 26.4. The Kier molecular flexibility index (Phi) is 3.35. The Morgan fingerprint density at radius 2 is 2.18 bits per heavy atom. The van der Waals surface area contributed by atoms with Gasteiger partial charge in [0.15, 0.2) is 0 Å². The van der Waals surface area contributed by atoms with Gasteiger partial charge >= 0.3 is 0 Å². The summed E-state index contributed by atoms with van der Waals surface area (Å²) in [7, 11) is 0. The summed E-state index contributed by atoms with van der Waals surface area (Å²) < 4.78 is 6.07. The fourth-order valence-corrected chi connectivity index (χ4v) is 2.45. The first-order valence-electron chi connectivity index (χ1n) is 6.22. The summed E-state index contributed by atoms with van der Waals surface area (Å²) in [5.41, 5.74) is 2.13. The highest BCUT2D eigenvalue weighted by atomic mass is 35.5. The summed E-state index contributed by atoms with van der Waals surface area (Å²) >= 11 is 6.20. The van der Waals surface area contributed by atoms with E-state index < -0.39 is 0 Å². The third-order valence-electron chi connectivity index (χ3n) is 3.73. The molecule has 0 bridgehead atoms. The van der Waals surface area contributed by atoms with Gasteiger partial charge in [-0.2, -0.15) is 0 Å². The number of rotatable bonds is 3. The molecule has 0 radical (unpaired) electrons. The second-order valence-electron chi connectivity index (χ2n) is 5.38. The molecule has 1 heterocycles. The number of hydrogen-bond acceptors (Lipinski definition) is 2. The third-order valence-corrected chi connectivity index (χ3v) is 4.47. The van der Waals surface area contributed by atoms with Crippen molar-refractivity contribution >= 4 is 11.6 Å². The number of halogens is 1. The van der Waals surface area contributed by atoms with Crippen LogP contribution in [-0.4, -0.2) is 16.5 Å². The molecule has 1 aliphatic rings. The molecule has 94 valence electrons. The maximum Gasteiger partial charge on any atom is 0.141 e. The molecule has 1 saturated carbocycles. The molecule has 1 fully saturated rings. The maximum absolute atomic E-state index is 6.20. The van der Waals surface area contributed by atoms with Gasteiger partial charge in [-0.25, -0.2) is 0 Å². The van der Waals surface area contributed by atoms with Crippen LogP contribution in [0.3, 0.4) is 0 Å². The predicted molar refractivity (Wildman–Crippen MR) is 70.8 cm³/mol. The number of aryl methyl sites for hydroxylation is 2. The summed E-state index contributed by atoms with van der Waals surface area (Å²) in [6, 6.07) is 4.02. The SMILES string of the molecule is CCc1nc(C)ccc1OC1CC(Cl)C1(C)C. The van der Waals surface area contributed by atoms with Gasteiger partial charge in [-0.15, -0.1) is 11.6 Å². The van der Waals surface area contributed by atoms with E-state index >= 15 is 0 Å². The molecule has 0 amide bonds. The van der Waals surface area contributed by atoms with Gasteiger partial charge in [0.1, 0.15) is 11.9 Å². The van der Waals surface area contributed by atoms with E-state index in [-0.39, 0.29) is 16.9 Å². The molecular formula is C14H20ClNO. The van der Waals surface area contributed by atoms with Crippen LogP contribution >= 0.6 is 11.6 Å². The van der Waals surface area contributed by atoms with Crippen molar-refractivity contribution in [2.45, 2.75) is 52.0 Å². The molecule has 17 heavy (non-hydrogen) atoms. The molecule has 0 spiro atoms. The van der Waals surface area contributed by atoms with Crippen LogP contribution in [0.25, 0.3) is 0 Å². The van der Waals surface area contributed by atoms with Gasteiger partial charge < -0.3 is 4.74 Å². The van der Waals surface area contributed by atoms with E-state index in [1.807, 2.05) is 19.1 Å². The summed E-state index contributed by atoms with van der Waals surface area (Å²) in [6.45, 7) is 8.42. The monoisotopic (exact) mass is 253 g/mol. The molecule has 2 atom stereocenters. The fourth-order valence-electron chi connectivity index (χ4n) is 2.15. The first kappa shape index (κ1) is 12.7. The molecule has 1 aromatic rings. The van der Waals surface area contributed by atoms with Crippen LogP contribution in [0, 0.1) is 12.3 Å². The summed E-state index contributed by atoms with van der Waals surface area (Å²) in [6.07, 6.45) is 2.03. The number of nitrogens with zero attached hydrogens (tertiary/aromatic N) is 1. The highest BCUT2D eigenvalue weighted by Crippen LogP contribution is 2.46. The lowest BCUT2D eigenvalue weighted by atomic mass is 9.68. The van der Waals surface area contributed by atoms with Crippen molar-refractivity contribution in [3.05, 3.63) is 23.5 Å². The molecule has 0 aromatic carbocycles. The number of alkyl halides is 1. The van der Waals surface area contributed by atoms with E-state index in [1.54, 1.807) is 0 Å². The van der Waals surface area contributed by atoms with Gasteiger partial charge in [-0.3, -0.25) is 4.98 Å². The molecule has 0 N–H and O–H groups in total. The largest absolute Gasteiger partial charge is 0.488 e. The summed E-state index contributed by atoms with van der Waals surface area (Å²) in [4.78, 5) is 4.51. The van der Waals surface area contributed by atoms with Crippen molar-refractivity contribution in [3.63, 3.8) is 0 Å². The molecule has 2 unspecified atom stereocenters. The zero-order valence-corrected chi connectivity index (χ0v) is 11.7. The molecule has 1 aromatic heterocycles. The van der Waals surface area contributed by atoms with Crippen LogP contribution in [0.4, 0.5) is 0 Å². The van der Waals surface area contributed by atoms with E-state index in [4.69, 9.17) is 16.3 Å². The average Bonchev–Trinajstić information content (AvgIpc) is 2.30. The highest BCUT2D eigenvalue weighted by Gasteiger charge is 2.49. The lowest BCUT2D eigenvalue weighted by molar-refractivity contribution is -0.0138. The van der Waals surface area contributed by atoms with E-state index in [0.29, 0.717) is 0 Å². The van der Waals surface area contributed by atoms with Gasteiger partial charge in [-0.1, -0.05) is 20.8 Å². The average molecular weight is 254 g/mol. The van der Waals surface area contributed by atoms with Crippen LogP contribution in [0.15, 0.2) is 12.1 Å². The Bertz CT molecular complexity index is 417. The van der Waals surface area contributed by atoms with Crippen LogP contribution < -0.4 is 4.74 Å². The highest BCUT2D eigenvalue weighted by molar-refractivity contribution is 6.21. The minimum Gasteiger partial charge on any atom is -0.488 e. The minimum absolute atomic E-state index is 0.0530. The molecule has 0 aliphatic heterocycles. The number of ether oxygens (including phenoxy) is 1. The fraction of sp³-hybridized carbons (Fsp3) is 0.643. The minimum atomic E-state index is 0.0530. The van der Waals surface area contributed by atoms with Crippen molar-refractivity contribution in [2.24, 2.45) is 5.41 Å². The standard InChI is InChI=1S/C14H20ClNO/c1-5-10-11(7-6-9(2)16-10)17-13-8-12(15)14(13,3)4/h6-7,12-13H,5,8H2,1-4H3. The zero-order valence-electron chi connectivity index (χ0n) is 11.0. The van der Waals surface area contributed by atoms with Crippen molar-refractivity contribution < 1.29 is 4.74 Å². The van der Waals surface area contributed by atoms with Gasteiger partial charge in [0.2, 0.25) is 0 Å². The van der Waals surface area contributed by atoms with E-state index in [1.165, 1.54) is 0 Å². The van der Waals surface area contributed by atoms with Gasteiger partial charge in [0, 0.05) is 22.9 Å². The second-order valence-corrected chi connectivity index (χ2v) is 5.91. The Labute approximate surface area is 108 Å². The molecular weight excluding hydrogens is 234 g/mol. The first-order chi connectivity index (χ1) is 7.95. The van der Waals surface area contributed by atoms with Crippen LogP contribution in [0.2, 0.25) is 0 Å². The molecule has 2 rings (SSSR count). The molecule has 3 heteroatoms. The lowest BCUT2D eigenvalue weighted by Gasteiger charge is -2.48. The van der Waals surface area contributed by atoms with Crippen molar-refractivity contribution in [3.8, 4) is 5.75 Å². The third kappa shape index (κ3) is 2.28. The number of hydrogen-bond donors (Lipinski definition) is 0. The summed E-state index contributed by atoms with van der Waals surface area (Å²) in [5, 5.41) is 0.219. The van der Waals surface area contributed by atoms with Gasteiger partial charge in [0.25, 0.3) is 0 Å². The summed E-state index contributed by atoms with van der Waals surface area (Å²) in [5.74, 6) is 0.916. The Morgan fingerprint density at radius 1 is 1.47 bits per heavy atom. The quantitative estimate of drug-likeness (QED) is 0.766. The number of aromatic nitrogens is 1. The zero-order chi connectivity index (χ0) is 12.6. The predicted octanol–water partition coefficient (Wildman–Crippen LogP) is 3.74. The van der Waals surface area contributed by atoms with Crippen LogP contribution in [0.5, 0.6) is 5.75 Å². The van der Waals surface area contributed by atoms with E-state index in [2.05, 4.69) is 25.8 Å². The van der Waals surface area contributed by atoms with E-state index in [0.717, 1.165) is 30.0 Å². The van der Waals surface area contributed by atoms with Crippen molar-refractivity contribution in [1.29, 1.82) is 0 Å². The molecule has 1 aliphatic carbocycles. The lowest BCUT2D eigenvalue weighted by Crippen LogP contribution is -2.53. The maximum atomic E-state index is 6.20. The van der Waals surface area contributed by atoms with Crippen LogP contribution in [0.1, 0.15) is 38.6 Å². The van der Waals surface area contributed by atoms with Crippen molar-refractivity contribution in [1.82, 2.24) is 4.98 Å². The van der Waals surface area contributed by atoms with Crippen molar-refractivity contribution in [2.75, 3.05) is 0 Å². The topological polar surface area (TPSA) is 22.1 Å². The van der Waals surface area contributed by atoms with Gasteiger partial charge in [0.05, 0.1) is 5.69 Å². The first-order valence-corrected chi connectivity index (χ1v) is 6.66. The molecule has 0 saturated heterocycles. The Morgan fingerprint density at radius 3 is 2.71 bits per heavy atom. The Balaban J connectivity index is 2.15. The van der Waals surface area contributed by atoms with Crippen LogP contribution in [-0.2, 0) is 6.42 Å². The smallest absolute Gasteiger partial charge is 0.141 e. The van der Waals surface area contributed by atoms with Gasteiger partial charge in [-0.05, 0) is 25.5 Å².